The van der Waals surface area contributed by atoms with Crippen LogP contribution in [-0.4, -0.2) is 31.1 Å². The van der Waals surface area contributed by atoms with Crippen molar-refractivity contribution in [1.29, 1.82) is 0 Å². The Balaban J connectivity index is 1.76. The zero-order valence-corrected chi connectivity index (χ0v) is 12.3. The Morgan fingerprint density at radius 3 is 2.76 bits per heavy atom. The second-order valence-electron chi connectivity index (χ2n) is 5.60. The van der Waals surface area contributed by atoms with E-state index in [1.807, 2.05) is 6.07 Å². The first-order valence-corrected chi connectivity index (χ1v) is 7.07. The van der Waals surface area contributed by atoms with Crippen LogP contribution in [0.4, 0.5) is 5.69 Å². The second kappa shape index (κ2) is 5.40. The maximum Gasteiger partial charge on any atom is 0.0485 e. The van der Waals surface area contributed by atoms with Crippen molar-refractivity contribution in [3.63, 3.8) is 0 Å². The van der Waals surface area contributed by atoms with E-state index in [-0.39, 0.29) is 0 Å². The molecule has 0 aromatic heterocycles. The third kappa shape index (κ3) is 3.71. The summed E-state index contributed by atoms with van der Waals surface area (Å²) in [4.78, 5) is 2.55. The van der Waals surface area contributed by atoms with Gasteiger partial charge in [0.2, 0.25) is 0 Å². The summed E-state index contributed by atoms with van der Waals surface area (Å²) in [5.74, 6) is 0. The van der Waals surface area contributed by atoms with Crippen molar-refractivity contribution in [2.24, 2.45) is 5.41 Å². The van der Waals surface area contributed by atoms with Crippen LogP contribution in [-0.2, 0) is 0 Å². The van der Waals surface area contributed by atoms with Gasteiger partial charge in [-0.05, 0) is 46.4 Å². The Morgan fingerprint density at radius 1 is 1.35 bits per heavy atom. The van der Waals surface area contributed by atoms with Crippen molar-refractivity contribution in [2.75, 3.05) is 31.5 Å². The highest BCUT2D eigenvalue weighted by Gasteiger charge is 2.28. The van der Waals surface area contributed by atoms with E-state index in [9.17, 15) is 0 Å². The number of anilines is 1. The zero-order valence-electron chi connectivity index (χ0n) is 10.7. The van der Waals surface area contributed by atoms with Crippen LogP contribution in [0, 0.1) is 5.41 Å². The lowest BCUT2D eigenvalue weighted by Crippen LogP contribution is -2.28. The molecule has 1 aromatic carbocycles. The monoisotopic (exact) mass is 296 g/mol. The molecule has 2 rings (SSSR count). The van der Waals surface area contributed by atoms with Crippen molar-refractivity contribution in [3.8, 4) is 0 Å². The molecule has 0 bridgehead atoms. The molecule has 0 amide bonds. The number of rotatable bonds is 4. The zero-order chi connectivity index (χ0) is 12.3. The van der Waals surface area contributed by atoms with Gasteiger partial charge in [-0.25, -0.2) is 0 Å². The minimum Gasteiger partial charge on any atom is -0.383 e. The standard InChI is InChI=1S/C14H21BrN2/c1-14(2)7-9-17(11-14)10-8-16-13-6-4-3-5-12(13)15/h3-6,16H,7-11H2,1-2H3. The maximum absolute atomic E-state index is 3.55. The largest absolute Gasteiger partial charge is 0.383 e. The summed E-state index contributed by atoms with van der Waals surface area (Å²) in [6.07, 6.45) is 1.32. The Labute approximate surface area is 113 Å². The molecular formula is C14H21BrN2. The van der Waals surface area contributed by atoms with Gasteiger partial charge in [0.1, 0.15) is 0 Å². The van der Waals surface area contributed by atoms with Crippen molar-refractivity contribution in [2.45, 2.75) is 20.3 Å². The molecule has 94 valence electrons. The fourth-order valence-electron chi connectivity index (χ4n) is 2.37. The Bertz CT molecular complexity index is 376. The number of para-hydroxylation sites is 1. The van der Waals surface area contributed by atoms with E-state index < -0.39 is 0 Å². The summed E-state index contributed by atoms with van der Waals surface area (Å²) in [6, 6.07) is 8.28. The van der Waals surface area contributed by atoms with E-state index in [1.54, 1.807) is 0 Å². The molecule has 1 aliphatic rings. The molecule has 0 saturated carbocycles. The first kappa shape index (κ1) is 12.9. The molecule has 3 heteroatoms. The molecule has 0 atom stereocenters. The Morgan fingerprint density at radius 2 is 2.12 bits per heavy atom. The summed E-state index contributed by atoms with van der Waals surface area (Å²) in [7, 11) is 0. The summed E-state index contributed by atoms with van der Waals surface area (Å²) >= 11 is 3.55. The molecule has 17 heavy (non-hydrogen) atoms. The molecule has 1 saturated heterocycles. The lowest BCUT2D eigenvalue weighted by molar-refractivity contribution is 0.300. The third-order valence-corrected chi connectivity index (χ3v) is 4.07. The number of hydrogen-bond acceptors (Lipinski definition) is 2. The second-order valence-corrected chi connectivity index (χ2v) is 6.45. The fraction of sp³-hybridized carbons (Fsp3) is 0.571. The van der Waals surface area contributed by atoms with Gasteiger partial charge in [0.25, 0.3) is 0 Å². The predicted octanol–water partition coefficient (Wildman–Crippen LogP) is 3.59. The number of likely N-dealkylation sites (tertiary alicyclic amines) is 1. The van der Waals surface area contributed by atoms with E-state index in [1.165, 1.54) is 25.2 Å². The van der Waals surface area contributed by atoms with E-state index >= 15 is 0 Å². The third-order valence-electron chi connectivity index (χ3n) is 3.37. The summed E-state index contributed by atoms with van der Waals surface area (Å²) in [5, 5.41) is 3.48. The highest BCUT2D eigenvalue weighted by molar-refractivity contribution is 9.10. The molecule has 1 N–H and O–H groups in total. The number of benzene rings is 1. The van der Waals surface area contributed by atoms with Gasteiger partial charge in [-0.1, -0.05) is 26.0 Å². The van der Waals surface area contributed by atoms with Gasteiger partial charge in [-0.3, -0.25) is 0 Å². The van der Waals surface area contributed by atoms with E-state index in [2.05, 4.69) is 58.2 Å². The molecule has 1 fully saturated rings. The smallest absolute Gasteiger partial charge is 0.0485 e. The average Bonchev–Trinajstić information content (AvgIpc) is 2.61. The van der Waals surface area contributed by atoms with Crippen LogP contribution in [0.5, 0.6) is 0 Å². The molecule has 0 unspecified atom stereocenters. The van der Waals surface area contributed by atoms with Crippen LogP contribution in [0.3, 0.4) is 0 Å². The minimum atomic E-state index is 0.507. The van der Waals surface area contributed by atoms with Crippen molar-refractivity contribution in [3.05, 3.63) is 28.7 Å². The van der Waals surface area contributed by atoms with Gasteiger partial charge < -0.3 is 10.2 Å². The van der Waals surface area contributed by atoms with Crippen LogP contribution < -0.4 is 5.32 Å². The van der Waals surface area contributed by atoms with Gasteiger partial charge in [0, 0.05) is 29.8 Å². The molecule has 1 heterocycles. The van der Waals surface area contributed by atoms with Crippen molar-refractivity contribution in [1.82, 2.24) is 4.90 Å². The topological polar surface area (TPSA) is 15.3 Å². The van der Waals surface area contributed by atoms with Crippen LogP contribution in [0.25, 0.3) is 0 Å². The lowest BCUT2D eigenvalue weighted by atomic mass is 9.93. The molecule has 1 aliphatic heterocycles. The SMILES string of the molecule is CC1(C)CCN(CCNc2ccccc2Br)C1. The Kier molecular flexibility index (Phi) is 4.10. The van der Waals surface area contributed by atoms with Gasteiger partial charge in [-0.15, -0.1) is 0 Å². The van der Waals surface area contributed by atoms with Crippen LogP contribution in [0.1, 0.15) is 20.3 Å². The molecular weight excluding hydrogens is 276 g/mol. The number of hydrogen-bond donors (Lipinski definition) is 1. The first-order valence-electron chi connectivity index (χ1n) is 6.28. The van der Waals surface area contributed by atoms with Gasteiger partial charge in [0.05, 0.1) is 0 Å². The average molecular weight is 297 g/mol. The lowest BCUT2D eigenvalue weighted by Gasteiger charge is -2.20. The normalized spacial score (nSPS) is 19.5. The van der Waals surface area contributed by atoms with E-state index in [0.29, 0.717) is 5.41 Å². The van der Waals surface area contributed by atoms with Crippen molar-refractivity contribution < 1.29 is 0 Å². The molecule has 1 aromatic rings. The van der Waals surface area contributed by atoms with Gasteiger partial charge in [0.15, 0.2) is 0 Å². The van der Waals surface area contributed by atoms with Gasteiger partial charge in [-0.2, -0.15) is 0 Å². The molecule has 0 aliphatic carbocycles. The predicted molar refractivity (Wildman–Crippen MR) is 77.5 cm³/mol. The summed E-state index contributed by atoms with van der Waals surface area (Å²) in [5.41, 5.74) is 1.69. The first-order chi connectivity index (χ1) is 8.07. The van der Waals surface area contributed by atoms with Crippen LogP contribution >= 0.6 is 15.9 Å². The molecule has 0 radical (unpaired) electrons. The van der Waals surface area contributed by atoms with E-state index in [4.69, 9.17) is 0 Å². The van der Waals surface area contributed by atoms with Crippen LogP contribution in [0.2, 0.25) is 0 Å². The Hall–Kier alpha value is -0.540. The minimum absolute atomic E-state index is 0.507. The number of halogens is 1. The highest BCUT2D eigenvalue weighted by atomic mass is 79.9. The van der Waals surface area contributed by atoms with Crippen LogP contribution in [0.15, 0.2) is 28.7 Å². The highest BCUT2D eigenvalue weighted by Crippen LogP contribution is 2.28. The summed E-state index contributed by atoms with van der Waals surface area (Å²) in [6.45, 7) is 9.32. The quantitative estimate of drug-likeness (QED) is 0.913. The van der Waals surface area contributed by atoms with Gasteiger partial charge >= 0.3 is 0 Å². The molecule has 0 spiro atoms. The fourth-order valence-corrected chi connectivity index (χ4v) is 2.79. The number of nitrogens with one attached hydrogen (secondary N) is 1. The van der Waals surface area contributed by atoms with Crippen molar-refractivity contribution >= 4 is 21.6 Å². The molecule has 2 nitrogen and oxygen atoms in total. The number of nitrogens with zero attached hydrogens (tertiary/aromatic N) is 1. The van der Waals surface area contributed by atoms with E-state index in [0.717, 1.165) is 17.6 Å². The summed E-state index contributed by atoms with van der Waals surface area (Å²) < 4.78 is 1.14. The maximum atomic E-state index is 3.55.